The second kappa shape index (κ2) is 8.59. The number of nitrogens with zero attached hydrogens (tertiary/aromatic N) is 2. The molecule has 0 radical (unpaired) electrons. The van der Waals surface area contributed by atoms with Crippen LogP contribution >= 0.6 is 0 Å². The molecule has 8 heteroatoms. The third-order valence-corrected chi connectivity index (χ3v) is 5.83. The van der Waals surface area contributed by atoms with E-state index < -0.39 is 10.0 Å². The highest BCUT2D eigenvalue weighted by Gasteiger charge is 2.23. The molecule has 0 aliphatic heterocycles. The number of sulfonamides is 1. The monoisotopic (exact) mass is 413 g/mol. The van der Waals surface area contributed by atoms with E-state index in [1.807, 2.05) is 44.2 Å². The number of aliphatic hydroxyl groups is 1. The van der Waals surface area contributed by atoms with Gasteiger partial charge in [0, 0.05) is 0 Å². The largest absolute Gasteiger partial charge is 0.475 e. The maximum atomic E-state index is 13.1. The summed E-state index contributed by atoms with van der Waals surface area (Å²) in [5.74, 6) is 0.300. The summed E-state index contributed by atoms with van der Waals surface area (Å²) in [6, 6.07) is 12.7. The van der Waals surface area contributed by atoms with Gasteiger partial charge in [0.15, 0.2) is 5.82 Å². The molecule has 2 aromatic carbocycles. The summed E-state index contributed by atoms with van der Waals surface area (Å²) in [5.41, 5.74) is 3.63. The van der Waals surface area contributed by atoms with E-state index in [0.717, 1.165) is 11.1 Å². The van der Waals surface area contributed by atoms with Crippen LogP contribution in [0.4, 0.5) is 5.82 Å². The van der Waals surface area contributed by atoms with Crippen LogP contribution in [0, 0.1) is 20.8 Å². The number of nitrogens with one attached hydrogen (secondary N) is 1. The number of anilines is 1. The molecule has 0 bridgehead atoms. The molecule has 0 fully saturated rings. The average molecular weight is 413 g/mol. The minimum Gasteiger partial charge on any atom is -0.475 e. The van der Waals surface area contributed by atoms with E-state index in [9.17, 15) is 8.42 Å². The number of benzene rings is 2. The number of hydrogen-bond acceptors (Lipinski definition) is 6. The number of rotatable bonds is 7. The molecule has 0 amide bonds. The normalized spacial score (nSPS) is 11.3. The molecule has 2 N–H and O–H groups in total. The van der Waals surface area contributed by atoms with Crippen molar-refractivity contribution in [1.82, 2.24) is 9.97 Å². The summed E-state index contributed by atoms with van der Waals surface area (Å²) in [7, 11) is -3.89. The SMILES string of the molecule is Cc1ccc(-c2c(NS(=O)(=O)c3cc(C)ccc3C)ncnc2OCCO)cc1. The van der Waals surface area contributed by atoms with E-state index in [1.54, 1.807) is 19.1 Å². The summed E-state index contributed by atoms with van der Waals surface area (Å²) in [6.45, 7) is 5.37. The Morgan fingerprint density at radius 3 is 2.38 bits per heavy atom. The van der Waals surface area contributed by atoms with Crippen LogP contribution in [-0.2, 0) is 10.0 Å². The fourth-order valence-corrected chi connectivity index (χ4v) is 4.21. The minimum absolute atomic E-state index is 0.0268. The molecule has 3 aromatic rings. The smallest absolute Gasteiger partial charge is 0.263 e. The number of hydrogen-bond donors (Lipinski definition) is 2. The van der Waals surface area contributed by atoms with Crippen LogP contribution in [-0.4, -0.2) is 36.7 Å². The molecule has 3 rings (SSSR count). The molecule has 7 nitrogen and oxygen atoms in total. The van der Waals surface area contributed by atoms with Crippen molar-refractivity contribution in [3.63, 3.8) is 0 Å². The zero-order valence-electron chi connectivity index (χ0n) is 16.5. The van der Waals surface area contributed by atoms with Crippen LogP contribution in [0.1, 0.15) is 16.7 Å². The molecular weight excluding hydrogens is 390 g/mol. The lowest BCUT2D eigenvalue weighted by molar-refractivity contribution is 0.197. The van der Waals surface area contributed by atoms with Crippen LogP contribution in [0.25, 0.3) is 11.1 Å². The first-order chi connectivity index (χ1) is 13.8. The number of aliphatic hydroxyl groups excluding tert-OH is 1. The zero-order valence-corrected chi connectivity index (χ0v) is 17.3. The van der Waals surface area contributed by atoms with E-state index in [0.29, 0.717) is 16.7 Å². The second-order valence-corrected chi connectivity index (χ2v) is 8.37. The Bertz CT molecular complexity index is 1110. The molecule has 29 heavy (non-hydrogen) atoms. The van der Waals surface area contributed by atoms with Crippen LogP contribution in [0.2, 0.25) is 0 Å². The first-order valence-corrected chi connectivity index (χ1v) is 10.6. The molecular formula is C21H23N3O4S. The van der Waals surface area contributed by atoms with Gasteiger partial charge >= 0.3 is 0 Å². The van der Waals surface area contributed by atoms with Gasteiger partial charge in [-0.25, -0.2) is 18.4 Å². The Labute approximate surface area is 170 Å². The van der Waals surface area contributed by atoms with Crippen molar-refractivity contribution >= 4 is 15.8 Å². The Morgan fingerprint density at radius 1 is 1.00 bits per heavy atom. The number of ether oxygens (including phenoxy) is 1. The standard InChI is InChI=1S/C21H23N3O4S/c1-14-5-8-17(9-6-14)19-20(22-13-23-21(19)28-11-10-25)24-29(26,27)18-12-15(2)4-7-16(18)3/h4-9,12-13,25H,10-11H2,1-3H3,(H,22,23,24). The summed E-state index contributed by atoms with van der Waals surface area (Å²) < 4.78 is 34.3. The molecule has 0 saturated carbocycles. The Morgan fingerprint density at radius 2 is 1.69 bits per heavy atom. The fourth-order valence-electron chi connectivity index (χ4n) is 2.86. The fraction of sp³-hybridized carbons (Fsp3) is 0.238. The van der Waals surface area contributed by atoms with Crippen molar-refractivity contribution in [3.05, 3.63) is 65.5 Å². The van der Waals surface area contributed by atoms with Gasteiger partial charge in [0.2, 0.25) is 5.88 Å². The molecule has 0 saturated heterocycles. The molecule has 0 aliphatic carbocycles. The van der Waals surface area contributed by atoms with Crippen LogP contribution in [0.5, 0.6) is 5.88 Å². The van der Waals surface area contributed by atoms with Crippen molar-refractivity contribution in [2.24, 2.45) is 0 Å². The van der Waals surface area contributed by atoms with Gasteiger partial charge in [-0.3, -0.25) is 4.72 Å². The van der Waals surface area contributed by atoms with Crippen LogP contribution in [0.15, 0.2) is 53.7 Å². The van der Waals surface area contributed by atoms with Crippen LogP contribution < -0.4 is 9.46 Å². The lowest BCUT2D eigenvalue weighted by Crippen LogP contribution is -2.17. The first-order valence-electron chi connectivity index (χ1n) is 9.07. The number of aryl methyl sites for hydroxylation is 3. The van der Waals surface area contributed by atoms with Gasteiger partial charge in [-0.15, -0.1) is 0 Å². The molecule has 152 valence electrons. The third-order valence-electron chi connectivity index (χ3n) is 4.35. The highest BCUT2D eigenvalue weighted by molar-refractivity contribution is 7.92. The van der Waals surface area contributed by atoms with Crippen LogP contribution in [0.3, 0.4) is 0 Å². The lowest BCUT2D eigenvalue weighted by atomic mass is 10.1. The minimum atomic E-state index is -3.89. The van der Waals surface area contributed by atoms with Crippen molar-refractivity contribution < 1.29 is 18.3 Å². The van der Waals surface area contributed by atoms with Gasteiger partial charge in [-0.2, -0.15) is 0 Å². The van der Waals surface area contributed by atoms with Crippen molar-refractivity contribution in [2.75, 3.05) is 17.9 Å². The van der Waals surface area contributed by atoms with Gasteiger partial charge in [0.05, 0.1) is 17.1 Å². The average Bonchev–Trinajstić information content (AvgIpc) is 2.69. The third kappa shape index (κ3) is 4.72. The molecule has 1 aromatic heterocycles. The quantitative estimate of drug-likeness (QED) is 0.617. The number of aromatic nitrogens is 2. The van der Waals surface area contributed by atoms with E-state index >= 15 is 0 Å². The van der Waals surface area contributed by atoms with E-state index in [1.165, 1.54) is 6.33 Å². The maximum absolute atomic E-state index is 13.1. The molecule has 0 unspecified atom stereocenters. The molecule has 0 aliphatic rings. The summed E-state index contributed by atoms with van der Waals surface area (Å²) in [6.07, 6.45) is 1.23. The van der Waals surface area contributed by atoms with Crippen molar-refractivity contribution in [1.29, 1.82) is 0 Å². The van der Waals surface area contributed by atoms with E-state index in [4.69, 9.17) is 9.84 Å². The Balaban J connectivity index is 2.11. The zero-order chi connectivity index (χ0) is 21.0. The van der Waals surface area contributed by atoms with E-state index in [-0.39, 0.29) is 29.8 Å². The van der Waals surface area contributed by atoms with Gasteiger partial charge in [0.1, 0.15) is 12.9 Å². The molecule has 0 spiro atoms. The lowest BCUT2D eigenvalue weighted by Gasteiger charge is -2.16. The summed E-state index contributed by atoms with van der Waals surface area (Å²) in [4.78, 5) is 8.48. The predicted octanol–water partition coefficient (Wildman–Crippen LogP) is 3.24. The highest BCUT2D eigenvalue weighted by atomic mass is 32.2. The summed E-state index contributed by atoms with van der Waals surface area (Å²) >= 11 is 0. The maximum Gasteiger partial charge on any atom is 0.263 e. The summed E-state index contributed by atoms with van der Waals surface area (Å²) in [5, 5.41) is 9.11. The Kier molecular flexibility index (Phi) is 6.14. The topological polar surface area (TPSA) is 101 Å². The van der Waals surface area contributed by atoms with Gasteiger partial charge in [-0.1, -0.05) is 42.0 Å². The Hall–Kier alpha value is -2.97. The van der Waals surface area contributed by atoms with Gasteiger partial charge in [0.25, 0.3) is 10.0 Å². The van der Waals surface area contributed by atoms with Gasteiger partial charge in [-0.05, 0) is 43.5 Å². The predicted molar refractivity (Wildman–Crippen MR) is 112 cm³/mol. The van der Waals surface area contributed by atoms with Crippen molar-refractivity contribution in [2.45, 2.75) is 25.7 Å². The van der Waals surface area contributed by atoms with Crippen molar-refractivity contribution in [3.8, 4) is 17.0 Å². The van der Waals surface area contributed by atoms with Gasteiger partial charge < -0.3 is 9.84 Å². The second-order valence-electron chi connectivity index (χ2n) is 6.71. The molecule has 1 heterocycles. The van der Waals surface area contributed by atoms with E-state index in [2.05, 4.69) is 14.7 Å². The highest BCUT2D eigenvalue weighted by Crippen LogP contribution is 2.35. The molecule has 0 atom stereocenters. The first kappa shape index (κ1) is 20.8.